The molecule has 1 fully saturated rings. The first-order chi connectivity index (χ1) is 7.46. The summed E-state index contributed by atoms with van der Waals surface area (Å²) in [5.41, 5.74) is 1.67. The van der Waals surface area contributed by atoms with Crippen molar-refractivity contribution in [3.05, 3.63) is 17.7 Å². The molecule has 0 spiro atoms. The smallest absolute Gasteiger partial charge is 0.120 e. The van der Waals surface area contributed by atoms with Gasteiger partial charge in [0.1, 0.15) is 5.82 Å². The van der Waals surface area contributed by atoms with Gasteiger partial charge in [0, 0.05) is 17.9 Å². The lowest BCUT2D eigenvalue weighted by molar-refractivity contribution is 0.216. The monoisotopic (exact) mass is 221 g/mol. The fourth-order valence-corrected chi connectivity index (χ4v) is 2.69. The standard InChI is InChI=1S/C13H23N3/c1-10-8-14-12(15-10)9-16(4)11-5-6-13(2,3)7-11/h8,11H,5-7,9H2,1-4H3,(H,14,15). The second kappa shape index (κ2) is 4.21. The second-order valence-electron chi connectivity index (χ2n) is 5.99. The van der Waals surface area contributed by atoms with E-state index >= 15 is 0 Å². The molecule has 1 aromatic rings. The minimum Gasteiger partial charge on any atom is -0.345 e. The van der Waals surface area contributed by atoms with E-state index in [-0.39, 0.29) is 0 Å². The van der Waals surface area contributed by atoms with Crippen LogP contribution in [-0.2, 0) is 6.54 Å². The molecule has 1 atom stereocenters. The topological polar surface area (TPSA) is 31.9 Å². The normalized spacial score (nSPS) is 24.2. The highest BCUT2D eigenvalue weighted by Gasteiger charge is 2.33. The summed E-state index contributed by atoms with van der Waals surface area (Å²) in [5.74, 6) is 1.09. The van der Waals surface area contributed by atoms with Gasteiger partial charge in [-0.3, -0.25) is 4.90 Å². The van der Waals surface area contributed by atoms with Crippen molar-refractivity contribution in [3.8, 4) is 0 Å². The number of hydrogen-bond donors (Lipinski definition) is 1. The Balaban J connectivity index is 1.91. The van der Waals surface area contributed by atoms with Gasteiger partial charge >= 0.3 is 0 Å². The van der Waals surface area contributed by atoms with Gasteiger partial charge in [-0.2, -0.15) is 0 Å². The van der Waals surface area contributed by atoms with Crippen LogP contribution in [0.3, 0.4) is 0 Å². The van der Waals surface area contributed by atoms with Crippen LogP contribution in [0.1, 0.15) is 44.6 Å². The van der Waals surface area contributed by atoms with Gasteiger partial charge in [-0.25, -0.2) is 4.98 Å². The maximum Gasteiger partial charge on any atom is 0.120 e. The van der Waals surface area contributed by atoms with E-state index in [1.54, 1.807) is 0 Å². The predicted molar refractivity (Wildman–Crippen MR) is 66.2 cm³/mol. The van der Waals surface area contributed by atoms with Gasteiger partial charge in [0.15, 0.2) is 0 Å². The van der Waals surface area contributed by atoms with Crippen molar-refractivity contribution in [2.75, 3.05) is 7.05 Å². The summed E-state index contributed by atoms with van der Waals surface area (Å²) < 4.78 is 0. The highest BCUT2D eigenvalue weighted by molar-refractivity contribution is 4.99. The van der Waals surface area contributed by atoms with E-state index < -0.39 is 0 Å². The number of aromatic nitrogens is 2. The molecule has 0 amide bonds. The zero-order valence-electron chi connectivity index (χ0n) is 10.9. The predicted octanol–water partition coefficient (Wildman–Crippen LogP) is 2.73. The van der Waals surface area contributed by atoms with E-state index in [4.69, 9.17) is 0 Å². The maximum atomic E-state index is 4.37. The van der Waals surface area contributed by atoms with Gasteiger partial charge < -0.3 is 4.98 Å². The Morgan fingerprint density at radius 3 is 2.81 bits per heavy atom. The second-order valence-corrected chi connectivity index (χ2v) is 5.99. The minimum atomic E-state index is 0.526. The van der Waals surface area contributed by atoms with Gasteiger partial charge in [0.05, 0.1) is 6.54 Å². The first-order valence-corrected chi connectivity index (χ1v) is 6.17. The van der Waals surface area contributed by atoms with Crippen LogP contribution >= 0.6 is 0 Å². The van der Waals surface area contributed by atoms with Crippen molar-refractivity contribution < 1.29 is 0 Å². The van der Waals surface area contributed by atoms with Crippen LogP contribution in [-0.4, -0.2) is 28.0 Å². The molecule has 16 heavy (non-hydrogen) atoms. The van der Waals surface area contributed by atoms with Crippen LogP contribution in [0.25, 0.3) is 0 Å². The molecule has 3 nitrogen and oxygen atoms in total. The van der Waals surface area contributed by atoms with Crippen molar-refractivity contribution in [1.29, 1.82) is 0 Å². The van der Waals surface area contributed by atoms with Crippen LogP contribution in [0.4, 0.5) is 0 Å². The number of hydrogen-bond acceptors (Lipinski definition) is 2. The molecule has 1 N–H and O–H groups in total. The Kier molecular flexibility index (Phi) is 3.06. The summed E-state index contributed by atoms with van der Waals surface area (Å²) in [6.07, 6.45) is 5.88. The molecule has 1 unspecified atom stereocenters. The van der Waals surface area contributed by atoms with Crippen LogP contribution in [0.15, 0.2) is 6.20 Å². The summed E-state index contributed by atoms with van der Waals surface area (Å²) in [4.78, 5) is 10.1. The van der Waals surface area contributed by atoms with E-state index in [1.807, 2.05) is 6.20 Å². The molecule has 0 saturated heterocycles. The minimum absolute atomic E-state index is 0.526. The van der Waals surface area contributed by atoms with Crippen LogP contribution in [0.2, 0.25) is 0 Å². The third-order valence-corrected chi connectivity index (χ3v) is 3.72. The Morgan fingerprint density at radius 2 is 2.31 bits per heavy atom. The Hall–Kier alpha value is -0.830. The van der Waals surface area contributed by atoms with Crippen molar-refractivity contribution in [1.82, 2.24) is 14.9 Å². The molecule has 1 heterocycles. The van der Waals surface area contributed by atoms with Crippen molar-refractivity contribution >= 4 is 0 Å². The molecule has 2 rings (SSSR count). The summed E-state index contributed by atoms with van der Waals surface area (Å²) >= 11 is 0. The summed E-state index contributed by atoms with van der Waals surface area (Å²) in [6.45, 7) is 7.74. The molecule has 0 bridgehead atoms. The zero-order chi connectivity index (χ0) is 11.8. The van der Waals surface area contributed by atoms with Crippen LogP contribution in [0.5, 0.6) is 0 Å². The van der Waals surface area contributed by atoms with Gasteiger partial charge in [-0.05, 0) is 38.6 Å². The van der Waals surface area contributed by atoms with Crippen molar-refractivity contribution in [3.63, 3.8) is 0 Å². The number of H-pyrrole nitrogens is 1. The number of aryl methyl sites for hydroxylation is 1. The molecule has 1 aliphatic rings. The first kappa shape index (κ1) is 11.6. The number of imidazole rings is 1. The Morgan fingerprint density at radius 1 is 1.56 bits per heavy atom. The van der Waals surface area contributed by atoms with Gasteiger partial charge in [0.25, 0.3) is 0 Å². The zero-order valence-corrected chi connectivity index (χ0v) is 10.9. The van der Waals surface area contributed by atoms with Gasteiger partial charge in [-0.15, -0.1) is 0 Å². The van der Waals surface area contributed by atoms with Gasteiger partial charge in [-0.1, -0.05) is 13.8 Å². The van der Waals surface area contributed by atoms with Gasteiger partial charge in [0.2, 0.25) is 0 Å². The molecule has 0 radical (unpaired) electrons. The number of aromatic amines is 1. The SMILES string of the molecule is Cc1cnc(CN(C)C2CCC(C)(C)C2)[nH]1. The molecule has 3 heteroatoms. The number of nitrogens with zero attached hydrogens (tertiary/aromatic N) is 2. The maximum absolute atomic E-state index is 4.37. The third-order valence-electron chi connectivity index (χ3n) is 3.72. The molecular weight excluding hydrogens is 198 g/mol. The highest BCUT2D eigenvalue weighted by atomic mass is 15.2. The fraction of sp³-hybridized carbons (Fsp3) is 0.769. The lowest BCUT2D eigenvalue weighted by Gasteiger charge is -2.25. The molecule has 0 aliphatic heterocycles. The lowest BCUT2D eigenvalue weighted by Crippen LogP contribution is -2.30. The number of nitrogens with one attached hydrogen (secondary N) is 1. The Bertz CT molecular complexity index is 354. The summed E-state index contributed by atoms with van der Waals surface area (Å²) in [6, 6.07) is 0.723. The van der Waals surface area contributed by atoms with E-state index in [0.717, 1.165) is 24.1 Å². The molecule has 1 aromatic heterocycles. The van der Waals surface area contributed by atoms with E-state index in [9.17, 15) is 0 Å². The average molecular weight is 221 g/mol. The molecule has 1 aliphatic carbocycles. The highest BCUT2D eigenvalue weighted by Crippen LogP contribution is 2.39. The third kappa shape index (κ3) is 2.64. The van der Waals surface area contributed by atoms with E-state index in [1.165, 1.54) is 19.3 Å². The first-order valence-electron chi connectivity index (χ1n) is 6.17. The van der Waals surface area contributed by atoms with Crippen LogP contribution < -0.4 is 0 Å². The molecule has 0 aromatic carbocycles. The number of rotatable bonds is 3. The average Bonchev–Trinajstić information content (AvgIpc) is 2.72. The Labute approximate surface area is 98.3 Å². The van der Waals surface area contributed by atoms with E-state index in [0.29, 0.717) is 5.41 Å². The molecule has 1 saturated carbocycles. The van der Waals surface area contributed by atoms with E-state index in [2.05, 4.69) is 42.7 Å². The summed E-state index contributed by atoms with van der Waals surface area (Å²) in [5, 5.41) is 0. The molecular formula is C13H23N3. The summed E-state index contributed by atoms with van der Waals surface area (Å²) in [7, 11) is 2.21. The van der Waals surface area contributed by atoms with Crippen LogP contribution in [0, 0.1) is 12.3 Å². The van der Waals surface area contributed by atoms with Crippen molar-refractivity contribution in [2.45, 2.75) is 52.6 Å². The quantitative estimate of drug-likeness (QED) is 0.851. The lowest BCUT2D eigenvalue weighted by atomic mass is 9.91. The largest absolute Gasteiger partial charge is 0.345 e. The molecule has 90 valence electrons. The fourth-order valence-electron chi connectivity index (χ4n) is 2.69. The van der Waals surface area contributed by atoms with Crippen molar-refractivity contribution in [2.24, 2.45) is 5.41 Å².